The van der Waals surface area contributed by atoms with Gasteiger partial charge in [-0.2, -0.15) is 0 Å². The zero-order valence-electron chi connectivity index (χ0n) is 13.6. The van der Waals surface area contributed by atoms with Crippen molar-refractivity contribution in [2.45, 2.75) is 32.6 Å². The number of hydrogen-bond acceptors (Lipinski definition) is 3. The molecule has 23 heavy (non-hydrogen) atoms. The number of piperidine rings is 1. The molecule has 0 spiro atoms. The molecule has 0 atom stereocenters. The summed E-state index contributed by atoms with van der Waals surface area (Å²) < 4.78 is 25.5. The normalized spacial score (nSPS) is 15.5. The van der Waals surface area contributed by atoms with Crippen LogP contribution in [0.3, 0.4) is 0 Å². The molecule has 5 nitrogen and oxygen atoms in total. The first-order chi connectivity index (χ1) is 10.8. The van der Waals surface area contributed by atoms with Crippen LogP contribution < -0.4 is 4.31 Å². The second-order valence-corrected chi connectivity index (χ2v) is 8.30. The van der Waals surface area contributed by atoms with Crippen molar-refractivity contribution in [1.29, 1.82) is 0 Å². The molecule has 1 amide bonds. The molecular formula is C16H23ClN2O3S. The Bertz CT molecular complexity index is 670. The van der Waals surface area contributed by atoms with Crippen LogP contribution in [0.25, 0.3) is 0 Å². The summed E-state index contributed by atoms with van der Waals surface area (Å²) in [6.45, 7) is 3.51. The van der Waals surface area contributed by atoms with Crippen molar-refractivity contribution in [3.8, 4) is 0 Å². The molecule has 0 aliphatic carbocycles. The zero-order chi connectivity index (χ0) is 17.0. The van der Waals surface area contributed by atoms with E-state index in [1.807, 2.05) is 11.8 Å². The number of benzene rings is 1. The highest BCUT2D eigenvalue weighted by Crippen LogP contribution is 2.26. The number of anilines is 1. The third-order valence-electron chi connectivity index (χ3n) is 4.07. The van der Waals surface area contributed by atoms with Gasteiger partial charge in [0.2, 0.25) is 15.9 Å². The van der Waals surface area contributed by atoms with Gasteiger partial charge >= 0.3 is 0 Å². The molecule has 1 aliphatic rings. The highest BCUT2D eigenvalue weighted by Gasteiger charge is 2.22. The fourth-order valence-corrected chi connectivity index (χ4v) is 4.07. The number of likely N-dealkylation sites (tertiary alicyclic amines) is 1. The summed E-state index contributed by atoms with van der Waals surface area (Å²) >= 11 is 5.94. The van der Waals surface area contributed by atoms with Gasteiger partial charge in [0, 0.05) is 31.1 Å². The van der Waals surface area contributed by atoms with Crippen LogP contribution in [-0.2, 0) is 14.8 Å². The van der Waals surface area contributed by atoms with Gasteiger partial charge in [0.15, 0.2) is 0 Å². The second-order valence-electron chi connectivity index (χ2n) is 5.96. The Labute approximate surface area is 143 Å². The van der Waals surface area contributed by atoms with Gasteiger partial charge in [-0.05, 0) is 49.9 Å². The molecule has 2 rings (SSSR count). The van der Waals surface area contributed by atoms with Crippen LogP contribution in [0.1, 0.15) is 31.2 Å². The van der Waals surface area contributed by atoms with Crippen LogP contribution in [0.2, 0.25) is 5.02 Å². The van der Waals surface area contributed by atoms with Crippen LogP contribution >= 0.6 is 11.6 Å². The minimum atomic E-state index is -3.46. The summed E-state index contributed by atoms with van der Waals surface area (Å²) in [4.78, 5) is 14.1. The van der Waals surface area contributed by atoms with Gasteiger partial charge < -0.3 is 4.90 Å². The van der Waals surface area contributed by atoms with E-state index in [-0.39, 0.29) is 18.9 Å². The van der Waals surface area contributed by atoms with E-state index in [2.05, 4.69) is 0 Å². The summed E-state index contributed by atoms with van der Waals surface area (Å²) in [6, 6.07) is 5.07. The summed E-state index contributed by atoms with van der Waals surface area (Å²) in [7, 11) is -3.46. The molecule has 0 bridgehead atoms. The third kappa shape index (κ3) is 4.85. The quantitative estimate of drug-likeness (QED) is 0.813. The average molecular weight is 359 g/mol. The zero-order valence-corrected chi connectivity index (χ0v) is 15.2. The number of aryl methyl sites for hydroxylation is 1. The fraction of sp³-hybridized carbons (Fsp3) is 0.562. The Morgan fingerprint density at radius 2 is 1.91 bits per heavy atom. The van der Waals surface area contributed by atoms with E-state index in [4.69, 9.17) is 11.6 Å². The van der Waals surface area contributed by atoms with Gasteiger partial charge in [-0.1, -0.05) is 11.6 Å². The lowest BCUT2D eigenvalue weighted by Crippen LogP contribution is -2.39. The maximum Gasteiger partial charge on any atom is 0.232 e. The smallest absolute Gasteiger partial charge is 0.232 e. The second kappa shape index (κ2) is 7.53. The Kier molecular flexibility index (Phi) is 5.92. The van der Waals surface area contributed by atoms with Crippen LogP contribution in [0.4, 0.5) is 5.69 Å². The number of carbonyl (C=O) groups excluding carboxylic acids is 1. The van der Waals surface area contributed by atoms with Crippen molar-refractivity contribution in [2.75, 3.05) is 30.2 Å². The molecule has 0 saturated carbocycles. The summed E-state index contributed by atoms with van der Waals surface area (Å²) in [5.41, 5.74) is 1.34. The van der Waals surface area contributed by atoms with E-state index in [0.29, 0.717) is 10.7 Å². The Morgan fingerprint density at radius 1 is 1.26 bits per heavy atom. The predicted octanol–water partition coefficient (Wildman–Crippen LogP) is 2.82. The molecule has 0 N–H and O–H groups in total. The van der Waals surface area contributed by atoms with Crippen molar-refractivity contribution in [3.05, 3.63) is 28.8 Å². The van der Waals surface area contributed by atoms with E-state index < -0.39 is 10.0 Å². The summed E-state index contributed by atoms with van der Waals surface area (Å²) in [5.74, 6) is 0.0185. The van der Waals surface area contributed by atoms with Crippen molar-refractivity contribution in [1.82, 2.24) is 4.90 Å². The van der Waals surface area contributed by atoms with Crippen LogP contribution in [0.15, 0.2) is 18.2 Å². The highest BCUT2D eigenvalue weighted by molar-refractivity contribution is 7.92. The molecule has 7 heteroatoms. The third-order valence-corrected chi connectivity index (χ3v) is 5.48. The first-order valence-electron chi connectivity index (χ1n) is 7.80. The topological polar surface area (TPSA) is 57.7 Å². The number of carbonyl (C=O) groups is 1. The van der Waals surface area contributed by atoms with Crippen molar-refractivity contribution in [2.24, 2.45) is 0 Å². The number of hydrogen-bond donors (Lipinski definition) is 0. The number of halogens is 1. The molecule has 0 radical (unpaired) electrons. The lowest BCUT2D eigenvalue weighted by Gasteiger charge is -2.29. The molecular weight excluding hydrogens is 336 g/mol. The number of sulfonamides is 1. The SMILES string of the molecule is Cc1cc(Cl)ccc1N(CCC(=O)N1CCCCC1)S(C)(=O)=O. The first kappa shape index (κ1) is 18.1. The molecule has 1 aromatic carbocycles. The van der Waals surface area contributed by atoms with E-state index >= 15 is 0 Å². The van der Waals surface area contributed by atoms with E-state index in [1.54, 1.807) is 18.2 Å². The van der Waals surface area contributed by atoms with Crippen molar-refractivity contribution < 1.29 is 13.2 Å². The number of nitrogens with zero attached hydrogens (tertiary/aromatic N) is 2. The minimum Gasteiger partial charge on any atom is -0.343 e. The maximum atomic E-state index is 12.3. The standard InChI is InChI=1S/C16H23ClN2O3S/c1-13-12-14(17)6-7-15(13)19(23(2,21)22)11-8-16(20)18-9-4-3-5-10-18/h6-7,12H,3-5,8-11H2,1-2H3. The lowest BCUT2D eigenvalue weighted by molar-refractivity contribution is -0.131. The summed E-state index contributed by atoms with van der Waals surface area (Å²) in [6.07, 6.45) is 4.56. The molecule has 1 aliphatic heterocycles. The maximum absolute atomic E-state index is 12.3. The first-order valence-corrected chi connectivity index (χ1v) is 10.0. The molecule has 1 fully saturated rings. The Morgan fingerprint density at radius 3 is 2.48 bits per heavy atom. The lowest BCUT2D eigenvalue weighted by atomic mass is 10.1. The Balaban J connectivity index is 2.12. The van der Waals surface area contributed by atoms with Gasteiger partial charge in [0.05, 0.1) is 11.9 Å². The van der Waals surface area contributed by atoms with E-state index in [1.165, 1.54) is 4.31 Å². The molecule has 0 aromatic heterocycles. The number of amides is 1. The van der Waals surface area contributed by atoms with Gasteiger partial charge in [-0.3, -0.25) is 9.10 Å². The largest absolute Gasteiger partial charge is 0.343 e. The van der Waals surface area contributed by atoms with Crippen LogP contribution in [-0.4, -0.2) is 45.1 Å². The summed E-state index contributed by atoms with van der Waals surface area (Å²) in [5, 5.41) is 0.559. The van der Waals surface area contributed by atoms with Gasteiger partial charge in [-0.15, -0.1) is 0 Å². The van der Waals surface area contributed by atoms with E-state index in [9.17, 15) is 13.2 Å². The van der Waals surface area contributed by atoms with Crippen LogP contribution in [0.5, 0.6) is 0 Å². The van der Waals surface area contributed by atoms with Crippen LogP contribution in [0, 0.1) is 6.92 Å². The molecule has 1 heterocycles. The van der Waals surface area contributed by atoms with Crippen molar-refractivity contribution >= 4 is 33.2 Å². The van der Waals surface area contributed by atoms with Crippen molar-refractivity contribution in [3.63, 3.8) is 0 Å². The van der Waals surface area contributed by atoms with E-state index in [0.717, 1.165) is 44.2 Å². The molecule has 1 saturated heterocycles. The molecule has 0 unspecified atom stereocenters. The molecule has 1 aromatic rings. The fourth-order valence-electron chi connectivity index (χ4n) is 2.86. The van der Waals surface area contributed by atoms with Gasteiger partial charge in [-0.25, -0.2) is 8.42 Å². The Hall–Kier alpha value is -1.27. The molecule has 128 valence electrons. The van der Waals surface area contributed by atoms with Gasteiger partial charge in [0.1, 0.15) is 0 Å². The highest BCUT2D eigenvalue weighted by atomic mass is 35.5. The monoisotopic (exact) mass is 358 g/mol. The average Bonchev–Trinajstić information content (AvgIpc) is 2.48. The predicted molar refractivity (Wildman–Crippen MR) is 93.4 cm³/mol. The minimum absolute atomic E-state index is 0.0185. The number of rotatable bonds is 5. The van der Waals surface area contributed by atoms with Gasteiger partial charge in [0.25, 0.3) is 0 Å².